The second kappa shape index (κ2) is 9.42. The molecule has 0 bridgehead atoms. The molecule has 2 amide bonds. The summed E-state index contributed by atoms with van der Waals surface area (Å²) in [7, 11) is 0. The highest BCUT2D eigenvalue weighted by atomic mass is 32.2. The lowest BCUT2D eigenvalue weighted by Gasteiger charge is -2.13. The predicted octanol–water partition coefficient (Wildman–Crippen LogP) is 1.49. The van der Waals surface area contributed by atoms with Crippen molar-refractivity contribution < 1.29 is 19.5 Å². The normalized spacial score (nSPS) is 11.7. The first-order valence-electron chi connectivity index (χ1n) is 6.65. The molecule has 0 spiro atoms. The van der Waals surface area contributed by atoms with Crippen molar-refractivity contribution >= 4 is 46.0 Å². The minimum atomic E-state index is -1.06. The van der Waals surface area contributed by atoms with Crippen LogP contribution in [0.4, 0.5) is 5.13 Å². The molecule has 0 saturated heterocycles. The summed E-state index contributed by atoms with van der Waals surface area (Å²) >= 11 is 2.82. The number of carboxylic acid groups (broad SMARTS) is 1. The van der Waals surface area contributed by atoms with Gasteiger partial charge in [0.15, 0.2) is 5.13 Å². The lowest BCUT2D eigenvalue weighted by Crippen LogP contribution is -2.41. The van der Waals surface area contributed by atoms with E-state index in [4.69, 9.17) is 5.11 Å². The Morgan fingerprint density at radius 2 is 2.05 bits per heavy atom. The van der Waals surface area contributed by atoms with Gasteiger partial charge in [-0.1, -0.05) is 0 Å². The molecule has 0 fully saturated rings. The summed E-state index contributed by atoms with van der Waals surface area (Å²) < 4.78 is 0. The summed E-state index contributed by atoms with van der Waals surface area (Å²) in [6.45, 7) is 1.82. The SMILES string of the molecule is CSCCC(NC(=O)CCC(=O)Nc1nc(C)cs1)C(=O)O. The Kier molecular flexibility index (Phi) is 7.89. The van der Waals surface area contributed by atoms with Gasteiger partial charge < -0.3 is 15.7 Å². The Bertz CT molecular complexity index is 533. The Hall–Kier alpha value is -1.61. The smallest absolute Gasteiger partial charge is 0.326 e. The number of hydrogen-bond donors (Lipinski definition) is 3. The van der Waals surface area contributed by atoms with Crippen molar-refractivity contribution in [2.45, 2.75) is 32.2 Å². The second-order valence-corrected chi connectivity index (χ2v) is 6.43. The Labute approximate surface area is 136 Å². The third-order valence-electron chi connectivity index (χ3n) is 2.69. The molecule has 1 aromatic rings. The van der Waals surface area contributed by atoms with E-state index in [2.05, 4.69) is 15.6 Å². The number of thiazole rings is 1. The fourth-order valence-corrected chi connectivity index (χ4v) is 2.76. The van der Waals surface area contributed by atoms with E-state index in [0.29, 0.717) is 17.3 Å². The first kappa shape index (κ1) is 18.4. The molecule has 1 unspecified atom stereocenters. The Morgan fingerprint density at radius 3 is 2.59 bits per heavy atom. The summed E-state index contributed by atoms with van der Waals surface area (Å²) in [5, 5.41) is 16.3. The number of aliphatic carboxylic acids is 1. The molecule has 0 saturated carbocycles. The van der Waals surface area contributed by atoms with E-state index in [0.717, 1.165) is 5.69 Å². The molecule has 0 aliphatic heterocycles. The maximum Gasteiger partial charge on any atom is 0.326 e. The van der Waals surface area contributed by atoms with Crippen molar-refractivity contribution in [2.24, 2.45) is 0 Å². The summed E-state index contributed by atoms with van der Waals surface area (Å²) in [6, 6.07) is -0.912. The minimum absolute atomic E-state index is 0.0146. The van der Waals surface area contributed by atoms with Crippen molar-refractivity contribution in [3.05, 3.63) is 11.1 Å². The van der Waals surface area contributed by atoms with Crippen LogP contribution >= 0.6 is 23.1 Å². The standard InChI is InChI=1S/C13H19N3O4S2/c1-8-7-22-13(14-8)16-11(18)4-3-10(17)15-9(12(19)20)5-6-21-2/h7,9H,3-6H2,1-2H3,(H,15,17)(H,19,20)(H,14,16,18). The van der Waals surface area contributed by atoms with E-state index < -0.39 is 17.9 Å². The molecule has 1 heterocycles. The van der Waals surface area contributed by atoms with Crippen LogP contribution in [-0.2, 0) is 14.4 Å². The van der Waals surface area contributed by atoms with Crippen LogP contribution in [0.25, 0.3) is 0 Å². The number of nitrogens with zero attached hydrogens (tertiary/aromatic N) is 1. The average Bonchev–Trinajstić information content (AvgIpc) is 2.86. The Balaban J connectivity index is 2.34. The van der Waals surface area contributed by atoms with E-state index in [-0.39, 0.29) is 18.7 Å². The van der Waals surface area contributed by atoms with Gasteiger partial charge in [-0.25, -0.2) is 9.78 Å². The Morgan fingerprint density at radius 1 is 1.36 bits per heavy atom. The number of carboxylic acids is 1. The lowest BCUT2D eigenvalue weighted by atomic mass is 10.2. The molecule has 0 aromatic carbocycles. The van der Waals surface area contributed by atoms with E-state index in [1.54, 1.807) is 0 Å². The number of aromatic nitrogens is 1. The molecule has 1 rings (SSSR count). The number of aryl methyl sites for hydroxylation is 1. The van der Waals surface area contributed by atoms with Gasteiger partial charge >= 0.3 is 5.97 Å². The monoisotopic (exact) mass is 345 g/mol. The van der Waals surface area contributed by atoms with Gasteiger partial charge in [-0.15, -0.1) is 11.3 Å². The van der Waals surface area contributed by atoms with Crippen LogP contribution in [0, 0.1) is 6.92 Å². The van der Waals surface area contributed by atoms with E-state index in [9.17, 15) is 14.4 Å². The zero-order valence-electron chi connectivity index (χ0n) is 12.4. The molecule has 1 aromatic heterocycles. The minimum Gasteiger partial charge on any atom is -0.480 e. The van der Waals surface area contributed by atoms with Gasteiger partial charge in [0, 0.05) is 18.2 Å². The van der Waals surface area contributed by atoms with Crippen LogP contribution in [0.3, 0.4) is 0 Å². The summed E-state index contributed by atoms with van der Waals surface area (Å²) in [5.74, 6) is -1.19. The molecule has 22 heavy (non-hydrogen) atoms. The molecule has 0 aliphatic carbocycles. The van der Waals surface area contributed by atoms with Crippen molar-refractivity contribution in [1.82, 2.24) is 10.3 Å². The molecule has 9 heteroatoms. The fourth-order valence-electron chi connectivity index (χ4n) is 1.58. The average molecular weight is 345 g/mol. The lowest BCUT2D eigenvalue weighted by molar-refractivity contribution is -0.141. The first-order chi connectivity index (χ1) is 10.4. The quantitative estimate of drug-likeness (QED) is 0.626. The number of nitrogens with one attached hydrogen (secondary N) is 2. The number of thioether (sulfide) groups is 1. The van der Waals surface area contributed by atoms with Gasteiger partial charge in [-0.05, 0) is 25.4 Å². The highest BCUT2D eigenvalue weighted by molar-refractivity contribution is 7.98. The van der Waals surface area contributed by atoms with Crippen LogP contribution in [0.15, 0.2) is 5.38 Å². The van der Waals surface area contributed by atoms with Crippen LogP contribution in [-0.4, -0.2) is 45.9 Å². The summed E-state index contributed by atoms with van der Waals surface area (Å²) in [6.07, 6.45) is 2.15. The highest BCUT2D eigenvalue weighted by Gasteiger charge is 2.19. The largest absolute Gasteiger partial charge is 0.480 e. The first-order valence-corrected chi connectivity index (χ1v) is 8.92. The number of amides is 2. The number of anilines is 1. The maximum absolute atomic E-state index is 11.7. The zero-order chi connectivity index (χ0) is 16.5. The highest BCUT2D eigenvalue weighted by Crippen LogP contribution is 2.14. The van der Waals surface area contributed by atoms with Crippen LogP contribution in [0.5, 0.6) is 0 Å². The van der Waals surface area contributed by atoms with Gasteiger partial charge in [0.25, 0.3) is 0 Å². The number of hydrogen-bond acceptors (Lipinski definition) is 6. The van der Waals surface area contributed by atoms with Crippen molar-refractivity contribution in [2.75, 3.05) is 17.3 Å². The summed E-state index contributed by atoms with van der Waals surface area (Å²) in [5.41, 5.74) is 0.816. The summed E-state index contributed by atoms with van der Waals surface area (Å²) in [4.78, 5) is 38.5. The molecule has 122 valence electrons. The third kappa shape index (κ3) is 6.90. The molecule has 1 atom stereocenters. The number of carbonyl (C=O) groups excluding carboxylic acids is 2. The maximum atomic E-state index is 11.7. The van der Waals surface area contributed by atoms with Crippen molar-refractivity contribution in [3.63, 3.8) is 0 Å². The number of rotatable bonds is 9. The van der Waals surface area contributed by atoms with E-state index in [1.807, 2.05) is 18.6 Å². The fraction of sp³-hybridized carbons (Fsp3) is 0.538. The third-order valence-corrected chi connectivity index (χ3v) is 4.21. The molecule has 3 N–H and O–H groups in total. The van der Waals surface area contributed by atoms with E-state index >= 15 is 0 Å². The van der Waals surface area contributed by atoms with Crippen LogP contribution in [0.1, 0.15) is 25.0 Å². The van der Waals surface area contributed by atoms with Crippen molar-refractivity contribution in [3.8, 4) is 0 Å². The van der Waals surface area contributed by atoms with Gasteiger partial charge in [0.1, 0.15) is 6.04 Å². The molecular formula is C13H19N3O4S2. The van der Waals surface area contributed by atoms with E-state index in [1.165, 1.54) is 23.1 Å². The number of carbonyl (C=O) groups is 3. The van der Waals surface area contributed by atoms with Gasteiger partial charge in [0.05, 0.1) is 5.69 Å². The van der Waals surface area contributed by atoms with Gasteiger partial charge in [-0.3, -0.25) is 9.59 Å². The second-order valence-electron chi connectivity index (χ2n) is 4.58. The van der Waals surface area contributed by atoms with Gasteiger partial charge in [0.2, 0.25) is 11.8 Å². The van der Waals surface area contributed by atoms with Crippen LogP contribution < -0.4 is 10.6 Å². The topological polar surface area (TPSA) is 108 Å². The molecule has 0 aliphatic rings. The molecule has 0 radical (unpaired) electrons. The molecular weight excluding hydrogens is 326 g/mol. The predicted molar refractivity (Wildman–Crippen MR) is 87.3 cm³/mol. The van der Waals surface area contributed by atoms with Gasteiger partial charge in [-0.2, -0.15) is 11.8 Å². The zero-order valence-corrected chi connectivity index (χ0v) is 14.1. The van der Waals surface area contributed by atoms with Crippen LogP contribution in [0.2, 0.25) is 0 Å². The van der Waals surface area contributed by atoms with Crippen molar-refractivity contribution in [1.29, 1.82) is 0 Å². The molecule has 7 nitrogen and oxygen atoms in total.